The molecule has 0 fully saturated rings. The molecule has 5 nitrogen and oxygen atoms in total. The molecular formula is C10H9ClN2O3. The predicted octanol–water partition coefficient (Wildman–Crippen LogP) is 2.24. The van der Waals surface area contributed by atoms with Crippen molar-refractivity contribution in [2.45, 2.75) is 6.61 Å². The van der Waals surface area contributed by atoms with Crippen LogP contribution in [0, 0.1) is 0 Å². The van der Waals surface area contributed by atoms with Crippen molar-refractivity contribution in [3.8, 4) is 17.2 Å². The van der Waals surface area contributed by atoms with Crippen molar-refractivity contribution >= 4 is 11.6 Å². The molecule has 0 saturated heterocycles. The Morgan fingerprint density at radius 1 is 1.50 bits per heavy atom. The summed E-state index contributed by atoms with van der Waals surface area (Å²) in [4.78, 5) is 4.05. The average molecular weight is 241 g/mol. The molecule has 1 aromatic carbocycles. The number of ether oxygens (including phenoxy) is 1. The molecule has 1 N–H and O–H groups in total. The third kappa shape index (κ3) is 2.15. The van der Waals surface area contributed by atoms with E-state index in [2.05, 4.69) is 10.1 Å². The lowest BCUT2D eigenvalue weighted by atomic mass is 10.2. The summed E-state index contributed by atoms with van der Waals surface area (Å²) in [5.41, 5.74) is 0.444. The first-order chi connectivity index (χ1) is 7.70. The lowest BCUT2D eigenvalue weighted by Gasteiger charge is -1.98. The van der Waals surface area contributed by atoms with Gasteiger partial charge in [0.2, 0.25) is 0 Å². The number of hydrogen-bond acceptors (Lipinski definition) is 5. The van der Waals surface area contributed by atoms with Gasteiger partial charge in [-0.15, -0.1) is 0 Å². The van der Waals surface area contributed by atoms with Crippen molar-refractivity contribution in [3.05, 3.63) is 29.0 Å². The van der Waals surface area contributed by atoms with E-state index in [4.69, 9.17) is 20.9 Å². The molecular weight excluding hydrogens is 232 g/mol. The van der Waals surface area contributed by atoms with Crippen molar-refractivity contribution in [2.75, 3.05) is 7.11 Å². The van der Waals surface area contributed by atoms with Crippen LogP contribution in [0.15, 0.2) is 22.7 Å². The van der Waals surface area contributed by atoms with Crippen LogP contribution in [-0.4, -0.2) is 22.4 Å². The number of aromatic nitrogens is 2. The summed E-state index contributed by atoms with van der Waals surface area (Å²) < 4.78 is 9.84. The smallest absolute Gasteiger partial charge is 0.261 e. The van der Waals surface area contributed by atoms with E-state index in [9.17, 15) is 5.11 Å². The first kappa shape index (κ1) is 10.9. The fourth-order valence-corrected chi connectivity index (χ4v) is 1.40. The predicted molar refractivity (Wildman–Crippen MR) is 57.1 cm³/mol. The number of nitrogens with zero attached hydrogens (tertiary/aromatic N) is 2. The van der Waals surface area contributed by atoms with Crippen LogP contribution in [0.1, 0.15) is 5.82 Å². The minimum atomic E-state index is 0.000108. The van der Waals surface area contributed by atoms with Crippen LogP contribution in [0.5, 0.6) is 5.75 Å². The number of halogens is 1. The maximum absolute atomic E-state index is 9.64. The van der Waals surface area contributed by atoms with Crippen LogP contribution in [-0.2, 0) is 11.3 Å². The molecule has 0 spiro atoms. The lowest BCUT2D eigenvalue weighted by molar-refractivity contribution is 0.174. The van der Waals surface area contributed by atoms with E-state index in [1.54, 1.807) is 12.1 Å². The quantitative estimate of drug-likeness (QED) is 0.891. The van der Waals surface area contributed by atoms with Gasteiger partial charge in [0, 0.05) is 12.1 Å². The Morgan fingerprint density at radius 2 is 2.31 bits per heavy atom. The standard InChI is InChI=1S/C10H9ClN2O3/c1-15-5-9-12-10(16-13-9)7-3-2-6(11)4-8(7)14/h2-4,14H,5H2,1H3. The molecule has 0 aliphatic heterocycles. The van der Waals surface area contributed by atoms with Crippen molar-refractivity contribution < 1.29 is 14.4 Å². The fraction of sp³-hybridized carbons (Fsp3) is 0.200. The second kappa shape index (κ2) is 4.51. The van der Waals surface area contributed by atoms with E-state index in [0.29, 0.717) is 16.4 Å². The fourth-order valence-electron chi connectivity index (χ4n) is 1.24. The minimum absolute atomic E-state index is 0.000108. The average Bonchev–Trinajstić information content (AvgIpc) is 2.67. The van der Waals surface area contributed by atoms with Gasteiger partial charge < -0.3 is 14.4 Å². The Kier molecular flexibility index (Phi) is 3.07. The van der Waals surface area contributed by atoms with Gasteiger partial charge in [-0.05, 0) is 18.2 Å². The Morgan fingerprint density at radius 3 is 3.00 bits per heavy atom. The third-order valence-corrected chi connectivity index (χ3v) is 2.17. The number of aromatic hydroxyl groups is 1. The van der Waals surface area contributed by atoms with Gasteiger partial charge in [-0.1, -0.05) is 16.8 Å². The summed E-state index contributed by atoms with van der Waals surface area (Å²) in [6, 6.07) is 4.66. The second-order valence-electron chi connectivity index (χ2n) is 3.11. The van der Waals surface area contributed by atoms with Crippen LogP contribution in [0.25, 0.3) is 11.5 Å². The SMILES string of the molecule is COCc1noc(-c2ccc(Cl)cc2O)n1. The molecule has 0 amide bonds. The molecule has 2 aromatic rings. The minimum Gasteiger partial charge on any atom is -0.507 e. The highest BCUT2D eigenvalue weighted by atomic mass is 35.5. The molecule has 0 saturated carbocycles. The maximum Gasteiger partial charge on any atom is 0.261 e. The Bertz CT molecular complexity index is 499. The van der Waals surface area contributed by atoms with Crippen molar-refractivity contribution in [3.63, 3.8) is 0 Å². The summed E-state index contributed by atoms with van der Waals surface area (Å²) >= 11 is 5.71. The zero-order chi connectivity index (χ0) is 11.5. The van der Waals surface area contributed by atoms with E-state index in [1.165, 1.54) is 13.2 Å². The third-order valence-electron chi connectivity index (χ3n) is 1.93. The van der Waals surface area contributed by atoms with E-state index < -0.39 is 0 Å². The summed E-state index contributed by atoms with van der Waals surface area (Å²) in [6.07, 6.45) is 0. The molecule has 1 aromatic heterocycles. The van der Waals surface area contributed by atoms with Gasteiger partial charge in [-0.3, -0.25) is 0 Å². The summed E-state index contributed by atoms with van der Waals surface area (Å²) in [5.74, 6) is 0.660. The van der Waals surface area contributed by atoms with Crippen molar-refractivity contribution in [1.82, 2.24) is 10.1 Å². The van der Waals surface area contributed by atoms with Crippen molar-refractivity contribution in [2.24, 2.45) is 0 Å². The molecule has 0 bridgehead atoms. The molecule has 0 aliphatic carbocycles. The molecule has 0 atom stereocenters. The van der Waals surface area contributed by atoms with Crippen LogP contribution < -0.4 is 0 Å². The molecule has 1 heterocycles. The second-order valence-corrected chi connectivity index (χ2v) is 3.55. The van der Waals surface area contributed by atoms with Gasteiger partial charge in [0.1, 0.15) is 12.4 Å². The van der Waals surface area contributed by atoms with E-state index in [0.717, 1.165) is 0 Å². The summed E-state index contributed by atoms with van der Waals surface area (Å²) in [7, 11) is 1.54. The van der Waals surface area contributed by atoms with E-state index in [-0.39, 0.29) is 18.2 Å². The highest BCUT2D eigenvalue weighted by Gasteiger charge is 2.12. The van der Waals surface area contributed by atoms with Crippen molar-refractivity contribution in [1.29, 1.82) is 0 Å². The highest BCUT2D eigenvalue weighted by Crippen LogP contribution is 2.30. The molecule has 2 rings (SSSR count). The van der Waals surface area contributed by atoms with Gasteiger partial charge in [-0.25, -0.2) is 0 Å². The van der Waals surface area contributed by atoms with E-state index >= 15 is 0 Å². The molecule has 0 aliphatic rings. The molecule has 0 radical (unpaired) electrons. The Hall–Kier alpha value is -1.59. The zero-order valence-corrected chi connectivity index (χ0v) is 9.23. The molecule has 6 heteroatoms. The topological polar surface area (TPSA) is 68.4 Å². The number of methoxy groups -OCH3 is 1. The first-order valence-corrected chi connectivity index (χ1v) is 4.89. The van der Waals surface area contributed by atoms with E-state index in [1.807, 2.05) is 0 Å². The number of phenolic OH excluding ortho intramolecular Hbond substituents is 1. The Labute approximate surface area is 96.6 Å². The first-order valence-electron chi connectivity index (χ1n) is 4.51. The zero-order valence-electron chi connectivity index (χ0n) is 8.48. The Balaban J connectivity index is 2.35. The van der Waals surface area contributed by atoms with Gasteiger partial charge in [0.15, 0.2) is 5.82 Å². The number of hydrogen-bond donors (Lipinski definition) is 1. The maximum atomic E-state index is 9.64. The van der Waals surface area contributed by atoms with Crippen LogP contribution in [0.3, 0.4) is 0 Å². The van der Waals surface area contributed by atoms with Gasteiger partial charge in [-0.2, -0.15) is 4.98 Å². The number of phenols is 1. The largest absolute Gasteiger partial charge is 0.507 e. The van der Waals surface area contributed by atoms with Crippen LogP contribution in [0.2, 0.25) is 5.02 Å². The number of rotatable bonds is 3. The van der Waals surface area contributed by atoms with Gasteiger partial charge >= 0.3 is 0 Å². The highest BCUT2D eigenvalue weighted by molar-refractivity contribution is 6.30. The lowest BCUT2D eigenvalue weighted by Crippen LogP contribution is -1.89. The summed E-state index contributed by atoms with van der Waals surface area (Å²) in [6.45, 7) is 0.262. The normalized spacial score (nSPS) is 10.6. The molecule has 84 valence electrons. The summed E-state index contributed by atoms with van der Waals surface area (Å²) in [5, 5.41) is 13.8. The monoisotopic (exact) mass is 240 g/mol. The molecule has 0 unspecified atom stereocenters. The number of benzene rings is 1. The van der Waals surface area contributed by atoms with Gasteiger partial charge in [0.25, 0.3) is 5.89 Å². The van der Waals surface area contributed by atoms with Gasteiger partial charge in [0.05, 0.1) is 5.56 Å². The molecule has 16 heavy (non-hydrogen) atoms. The van der Waals surface area contributed by atoms with Crippen LogP contribution in [0.4, 0.5) is 0 Å². The van der Waals surface area contributed by atoms with Crippen LogP contribution >= 0.6 is 11.6 Å².